The van der Waals surface area contributed by atoms with E-state index in [1.165, 1.54) is 13.3 Å². The van der Waals surface area contributed by atoms with Gasteiger partial charge in [0, 0.05) is 0 Å². The summed E-state index contributed by atoms with van der Waals surface area (Å²) in [5, 5.41) is 6.76. The smallest absolute Gasteiger partial charge is 0.337 e. The molecule has 0 aromatic heterocycles. The minimum absolute atomic E-state index is 0.248. The molecular weight excluding hydrogens is 332 g/mol. The fourth-order valence-corrected chi connectivity index (χ4v) is 1.95. The van der Waals surface area contributed by atoms with Crippen LogP contribution in [-0.2, 0) is 14.4 Å². The van der Waals surface area contributed by atoms with E-state index < -0.39 is 5.97 Å². The lowest BCUT2D eigenvalue weighted by Crippen LogP contribution is -2.17. The Kier molecular flexibility index (Phi) is 6.33. The first-order valence-electron chi connectivity index (χ1n) is 6.98. The molecule has 0 aliphatic rings. The molecule has 7 heteroatoms. The number of esters is 1. The molecule has 0 radical (unpaired) electrons. The normalized spacial score (nSPS) is 10.4. The molecular formula is C17H15ClN2O4. The van der Waals surface area contributed by atoms with Crippen molar-refractivity contribution in [2.24, 2.45) is 5.16 Å². The average molecular weight is 347 g/mol. The number of oxime groups is 1. The highest BCUT2D eigenvalue weighted by atomic mass is 35.5. The maximum absolute atomic E-state index is 11.7. The Hall–Kier alpha value is -2.86. The third kappa shape index (κ3) is 5.10. The first-order valence-corrected chi connectivity index (χ1v) is 7.36. The Balaban J connectivity index is 1.81. The summed E-state index contributed by atoms with van der Waals surface area (Å²) < 4.78 is 4.61. The summed E-state index contributed by atoms with van der Waals surface area (Å²) in [6, 6.07) is 13.5. The van der Waals surface area contributed by atoms with Gasteiger partial charge in [0.1, 0.15) is 0 Å². The number of para-hydroxylation sites is 1. The van der Waals surface area contributed by atoms with Gasteiger partial charge < -0.3 is 14.9 Å². The highest BCUT2D eigenvalue weighted by molar-refractivity contribution is 6.33. The van der Waals surface area contributed by atoms with E-state index in [1.807, 2.05) is 0 Å². The van der Waals surface area contributed by atoms with E-state index >= 15 is 0 Å². The lowest BCUT2D eigenvalue weighted by molar-refractivity contribution is -0.120. The van der Waals surface area contributed by atoms with Gasteiger partial charge in [-0.1, -0.05) is 41.0 Å². The Morgan fingerprint density at radius 3 is 2.54 bits per heavy atom. The zero-order chi connectivity index (χ0) is 17.4. The number of hydrogen-bond donors (Lipinski definition) is 1. The second-order valence-electron chi connectivity index (χ2n) is 4.65. The number of carbonyl (C=O) groups is 2. The van der Waals surface area contributed by atoms with Crippen LogP contribution in [0.15, 0.2) is 53.7 Å². The number of hydrogen-bond acceptors (Lipinski definition) is 5. The number of carbonyl (C=O) groups excluding carboxylic acids is 2. The number of amides is 1. The Bertz CT molecular complexity index is 745. The summed E-state index contributed by atoms with van der Waals surface area (Å²) in [6.07, 6.45) is 1.43. The SMILES string of the molecule is COC(=O)c1ccc(C=NOCC(=O)Nc2ccccc2Cl)cc1. The summed E-state index contributed by atoms with van der Waals surface area (Å²) in [5.74, 6) is -0.785. The Labute approximate surface area is 144 Å². The van der Waals surface area contributed by atoms with Crippen molar-refractivity contribution in [3.63, 3.8) is 0 Å². The van der Waals surface area contributed by atoms with E-state index in [-0.39, 0.29) is 12.5 Å². The predicted octanol–water partition coefficient (Wildman–Crippen LogP) is 3.12. The maximum atomic E-state index is 11.7. The molecule has 0 bridgehead atoms. The molecule has 0 aliphatic heterocycles. The number of methoxy groups -OCH3 is 1. The molecule has 6 nitrogen and oxygen atoms in total. The molecule has 24 heavy (non-hydrogen) atoms. The van der Waals surface area contributed by atoms with Gasteiger partial charge in [0.25, 0.3) is 5.91 Å². The molecule has 0 fully saturated rings. The number of ether oxygens (including phenoxy) is 1. The summed E-state index contributed by atoms with van der Waals surface area (Å²) >= 11 is 5.94. The molecule has 0 aliphatic carbocycles. The molecule has 0 saturated heterocycles. The molecule has 1 amide bonds. The van der Waals surface area contributed by atoms with Crippen LogP contribution in [0, 0.1) is 0 Å². The average Bonchev–Trinajstić information content (AvgIpc) is 2.60. The van der Waals surface area contributed by atoms with Crippen LogP contribution >= 0.6 is 11.6 Å². The summed E-state index contributed by atoms with van der Waals surface area (Å²) in [4.78, 5) is 27.9. The summed E-state index contributed by atoms with van der Waals surface area (Å²) in [5.41, 5.74) is 1.67. The van der Waals surface area contributed by atoms with E-state index in [4.69, 9.17) is 16.4 Å². The summed E-state index contributed by atoms with van der Waals surface area (Å²) in [7, 11) is 1.32. The van der Waals surface area contributed by atoms with Crippen LogP contribution in [0.5, 0.6) is 0 Å². The lowest BCUT2D eigenvalue weighted by atomic mass is 10.1. The minimum atomic E-state index is -0.411. The van der Waals surface area contributed by atoms with Gasteiger partial charge in [0.15, 0.2) is 6.61 Å². The standard InChI is InChI=1S/C17H15ClN2O4/c1-23-17(22)13-8-6-12(7-9-13)10-19-24-11-16(21)20-15-5-3-2-4-14(15)18/h2-10H,11H2,1H3,(H,20,21). The second-order valence-corrected chi connectivity index (χ2v) is 5.06. The van der Waals surface area contributed by atoms with Gasteiger partial charge in [-0.3, -0.25) is 4.79 Å². The van der Waals surface area contributed by atoms with E-state index in [0.29, 0.717) is 21.8 Å². The van der Waals surface area contributed by atoms with Crippen LogP contribution in [-0.4, -0.2) is 31.8 Å². The Morgan fingerprint density at radius 2 is 1.88 bits per heavy atom. The molecule has 1 N–H and O–H groups in total. The highest BCUT2D eigenvalue weighted by Crippen LogP contribution is 2.20. The van der Waals surface area contributed by atoms with Crippen molar-refractivity contribution in [1.29, 1.82) is 0 Å². The van der Waals surface area contributed by atoms with Crippen molar-refractivity contribution in [2.75, 3.05) is 19.0 Å². The maximum Gasteiger partial charge on any atom is 0.337 e. The monoisotopic (exact) mass is 346 g/mol. The number of nitrogens with zero attached hydrogens (tertiary/aromatic N) is 1. The van der Waals surface area contributed by atoms with Crippen molar-refractivity contribution in [2.45, 2.75) is 0 Å². The van der Waals surface area contributed by atoms with Gasteiger partial charge in [-0.2, -0.15) is 0 Å². The van der Waals surface area contributed by atoms with Crippen molar-refractivity contribution < 1.29 is 19.2 Å². The first kappa shape index (κ1) is 17.5. The second kappa shape index (κ2) is 8.69. The largest absolute Gasteiger partial charge is 0.465 e. The van der Waals surface area contributed by atoms with Gasteiger partial charge >= 0.3 is 5.97 Å². The lowest BCUT2D eigenvalue weighted by Gasteiger charge is -2.05. The van der Waals surface area contributed by atoms with Crippen LogP contribution in [0.1, 0.15) is 15.9 Å². The fourth-order valence-electron chi connectivity index (χ4n) is 1.77. The van der Waals surface area contributed by atoms with Crippen LogP contribution < -0.4 is 5.32 Å². The van der Waals surface area contributed by atoms with Gasteiger partial charge in [-0.15, -0.1) is 0 Å². The van der Waals surface area contributed by atoms with Crippen LogP contribution in [0.3, 0.4) is 0 Å². The number of anilines is 1. The van der Waals surface area contributed by atoms with Gasteiger partial charge in [-0.05, 0) is 29.8 Å². The van der Waals surface area contributed by atoms with Gasteiger partial charge in [-0.25, -0.2) is 4.79 Å². The van der Waals surface area contributed by atoms with E-state index in [9.17, 15) is 9.59 Å². The number of benzene rings is 2. The van der Waals surface area contributed by atoms with Crippen molar-refractivity contribution in [3.05, 3.63) is 64.7 Å². The number of rotatable bonds is 6. The molecule has 2 rings (SSSR count). The van der Waals surface area contributed by atoms with Gasteiger partial charge in [0.2, 0.25) is 0 Å². The zero-order valence-corrected chi connectivity index (χ0v) is 13.6. The van der Waals surface area contributed by atoms with Crippen LogP contribution in [0.25, 0.3) is 0 Å². The summed E-state index contributed by atoms with van der Waals surface area (Å²) in [6.45, 7) is -0.248. The fraction of sp³-hybridized carbons (Fsp3) is 0.118. The van der Waals surface area contributed by atoms with E-state index in [2.05, 4.69) is 15.2 Å². The molecule has 0 saturated carbocycles. The van der Waals surface area contributed by atoms with Crippen LogP contribution in [0.2, 0.25) is 5.02 Å². The van der Waals surface area contributed by atoms with Crippen molar-refractivity contribution >= 4 is 35.4 Å². The number of nitrogens with one attached hydrogen (secondary N) is 1. The third-order valence-electron chi connectivity index (χ3n) is 2.95. The highest BCUT2D eigenvalue weighted by Gasteiger charge is 2.05. The molecule has 0 atom stereocenters. The van der Waals surface area contributed by atoms with E-state index in [0.717, 1.165) is 0 Å². The quantitative estimate of drug-likeness (QED) is 0.495. The van der Waals surface area contributed by atoms with Gasteiger partial charge in [0.05, 0.1) is 29.6 Å². The first-order chi connectivity index (χ1) is 11.6. The van der Waals surface area contributed by atoms with E-state index in [1.54, 1.807) is 48.5 Å². The van der Waals surface area contributed by atoms with Crippen LogP contribution in [0.4, 0.5) is 5.69 Å². The molecule has 0 spiro atoms. The molecule has 2 aromatic rings. The minimum Gasteiger partial charge on any atom is -0.465 e. The zero-order valence-electron chi connectivity index (χ0n) is 12.9. The number of halogens is 1. The van der Waals surface area contributed by atoms with Crippen molar-refractivity contribution in [1.82, 2.24) is 0 Å². The molecule has 124 valence electrons. The van der Waals surface area contributed by atoms with Crippen molar-refractivity contribution in [3.8, 4) is 0 Å². The topological polar surface area (TPSA) is 77.0 Å². The predicted molar refractivity (Wildman–Crippen MR) is 91.4 cm³/mol. The Morgan fingerprint density at radius 1 is 1.17 bits per heavy atom. The molecule has 0 unspecified atom stereocenters. The third-order valence-corrected chi connectivity index (χ3v) is 3.28. The molecule has 0 heterocycles. The molecule has 2 aromatic carbocycles.